The average molecular weight is 580 g/mol. The number of Topliss-reactive ketones (excluding diaryl/α,β-unsaturated/α-hetero) is 1. The number of fused-ring (bicyclic) bond motifs is 3. The molecule has 4 rings (SSSR count). The van der Waals surface area contributed by atoms with Gasteiger partial charge in [-0.1, -0.05) is 48.5 Å². The zero-order valence-electron chi connectivity index (χ0n) is 23.5. The van der Waals surface area contributed by atoms with Crippen LogP contribution in [-0.2, 0) is 32.5 Å². The molecule has 2 amide bonds. The van der Waals surface area contributed by atoms with E-state index < -0.39 is 39.0 Å². The highest BCUT2D eigenvalue weighted by atomic mass is 32.2. The molecule has 0 bridgehead atoms. The molecule has 3 aromatic rings. The lowest BCUT2D eigenvalue weighted by atomic mass is 9.70. The highest BCUT2D eigenvalue weighted by molar-refractivity contribution is 7.89. The van der Waals surface area contributed by atoms with E-state index in [-0.39, 0.29) is 44.4 Å². The smallest absolute Gasteiger partial charge is 0.419 e. The Labute approximate surface area is 239 Å². The summed E-state index contributed by atoms with van der Waals surface area (Å²) in [7, 11) is -3.71. The summed E-state index contributed by atoms with van der Waals surface area (Å²) in [6.07, 6.45) is -0.238. The number of benzene rings is 2. The summed E-state index contributed by atoms with van der Waals surface area (Å²) in [5.41, 5.74) is -0.598. The number of imide groups is 1. The van der Waals surface area contributed by atoms with Crippen molar-refractivity contribution in [2.24, 2.45) is 5.41 Å². The van der Waals surface area contributed by atoms with Crippen molar-refractivity contribution < 1.29 is 32.3 Å². The molecule has 216 valence electrons. The Bertz CT molecular complexity index is 1630. The van der Waals surface area contributed by atoms with Crippen LogP contribution in [0.5, 0.6) is 0 Å². The van der Waals surface area contributed by atoms with Crippen molar-refractivity contribution in [3.05, 3.63) is 71.4 Å². The highest BCUT2D eigenvalue weighted by Gasteiger charge is 2.46. The molecule has 2 aromatic carbocycles. The average Bonchev–Trinajstić information content (AvgIpc) is 3.26. The fourth-order valence-electron chi connectivity index (χ4n) is 5.12. The third-order valence-electron chi connectivity index (χ3n) is 6.95. The lowest BCUT2D eigenvalue weighted by Crippen LogP contribution is -2.42. The maximum Gasteiger partial charge on any atom is 0.419 e. The summed E-state index contributed by atoms with van der Waals surface area (Å²) in [6.45, 7) is 4.83. The molecular formula is C30H33N3O7S. The van der Waals surface area contributed by atoms with Gasteiger partial charge in [-0.2, -0.15) is 5.26 Å². The number of ketones is 1. The monoisotopic (exact) mass is 579 g/mol. The minimum atomic E-state index is -3.71. The van der Waals surface area contributed by atoms with E-state index in [1.54, 1.807) is 69.3 Å². The first kappa shape index (κ1) is 29.8. The summed E-state index contributed by atoms with van der Waals surface area (Å²) < 4.78 is 37.2. The first-order chi connectivity index (χ1) is 19.3. The van der Waals surface area contributed by atoms with Gasteiger partial charge < -0.3 is 9.47 Å². The van der Waals surface area contributed by atoms with Gasteiger partial charge in [0.1, 0.15) is 17.6 Å². The van der Waals surface area contributed by atoms with Gasteiger partial charge in [-0.15, -0.1) is 0 Å². The van der Waals surface area contributed by atoms with Gasteiger partial charge in [0.05, 0.1) is 17.8 Å². The van der Waals surface area contributed by atoms with Crippen molar-refractivity contribution in [3.8, 4) is 6.07 Å². The summed E-state index contributed by atoms with van der Waals surface area (Å²) in [5.74, 6) is -0.463. The number of aromatic nitrogens is 1. The van der Waals surface area contributed by atoms with Crippen molar-refractivity contribution in [3.63, 3.8) is 0 Å². The molecule has 41 heavy (non-hydrogen) atoms. The molecule has 0 N–H and O–H groups in total. The van der Waals surface area contributed by atoms with Gasteiger partial charge in [-0.05, 0) is 58.1 Å². The number of nitrogens with zero attached hydrogens (tertiary/aromatic N) is 3. The minimum Gasteiger partial charge on any atom is -0.444 e. The Morgan fingerprint density at radius 2 is 1.73 bits per heavy atom. The van der Waals surface area contributed by atoms with Crippen molar-refractivity contribution in [1.82, 2.24) is 8.87 Å². The SMILES string of the molecule is CC(C)(C)OC(=O)N(CCC[C@@]1(C#N)CCc2c(c3ccccc3n2S(C)(=O)=O)C1=O)C(=O)OCc1ccccc1. The second-order valence-electron chi connectivity index (χ2n) is 11.2. The number of ether oxygens (including phenoxy) is 2. The van der Waals surface area contributed by atoms with E-state index >= 15 is 0 Å². The van der Waals surface area contributed by atoms with E-state index in [0.29, 0.717) is 16.6 Å². The molecule has 1 atom stereocenters. The van der Waals surface area contributed by atoms with Crippen LogP contribution in [-0.4, -0.2) is 53.7 Å². The number of carbonyl (C=O) groups excluding carboxylic acids is 3. The Kier molecular flexibility index (Phi) is 8.27. The summed E-state index contributed by atoms with van der Waals surface area (Å²) in [4.78, 5) is 40.6. The molecule has 10 nitrogen and oxygen atoms in total. The predicted molar refractivity (Wildman–Crippen MR) is 152 cm³/mol. The number of amides is 2. The predicted octanol–water partition coefficient (Wildman–Crippen LogP) is 5.44. The minimum absolute atomic E-state index is 0.0470. The van der Waals surface area contributed by atoms with Gasteiger partial charge in [0.25, 0.3) is 0 Å². The molecule has 1 heterocycles. The third kappa shape index (κ3) is 6.28. The van der Waals surface area contributed by atoms with Crippen LogP contribution in [0.1, 0.15) is 61.6 Å². The number of para-hydroxylation sites is 1. The lowest BCUT2D eigenvalue weighted by molar-refractivity contribution is 0.0203. The van der Waals surface area contributed by atoms with Gasteiger partial charge in [0.2, 0.25) is 10.0 Å². The van der Waals surface area contributed by atoms with Crippen LogP contribution in [0.4, 0.5) is 9.59 Å². The molecule has 11 heteroatoms. The molecule has 0 saturated carbocycles. The van der Waals surface area contributed by atoms with E-state index in [1.165, 1.54) is 3.97 Å². The van der Waals surface area contributed by atoms with Gasteiger partial charge >= 0.3 is 12.2 Å². The largest absolute Gasteiger partial charge is 0.444 e. The quantitative estimate of drug-likeness (QED) is 0.361. The van der Waals surface area contributed by atoms with Crippen LogP contribution in [0.25, 0.3) is 10.9 Å². The zero-order valence-corrected chi connectivity index (χ0v) is 24.4. The Morgan fingerprint density at radius 3 is 2.37 bits per heavy atom. The summed E-state index contributed by atoms with van der Waals surface area (Å²) >= 11 is 0. The molecule has 0 fully saturated rings. The second kappa shape index (κ2) is 11.4. The van der Waals surface area contributed by atoms with Crippen LogP contribution >= 0.6 is 0 Å². The van der Waals surface area contributed by atoms with Crippen LogP contribution in [0.3, 0.4) is 0 Å². The Morgan fingerprint density at radius 1 is 1.07 bits per heavy atom. The molecule has 0 unspecified atom stereocenters. The molecule has 1 aliphatic carbocycles. The van der Waals surface area contributed by atoms with E-state index in [4.69, 9.17) is 9.47 Å². The Hall–Kier alpha value is -4.17. The second-order valence-corrected chi connectivity index (χ2v) is 13.0. The maximum atomic E-state index is 13.9. The molecule has 1 aliphatic rings. The van der Waals surface area contributed by atoms with Gasteiger partial charge in [-0.3, -0.25) is 4.79 Å². The molecular weight excluding hydrogens is 546 g/mol. The van der Waals surface area contributed by atoms with Crippen molar-refractivity contribution in [2.45, 2.75) is 58.7 Å². The number of nitriles is 1. The normalized spacial score (nSPS) is 17.0. The summed E-state index contributed by atoms with van der Waals surface area (Å²) in [6, 6.07) is 17.9. The van der Waals surface area contributed by atoms with Crippen LogP contribution < -0.4 is 0 Å². The molecule has 0 aliphatic heterocycles. The first-order valence-corrected chi connectivity index (χ1v) is 15.1. The Balaban J connectivity index is 1.56. The first-order valence-electron chi connectivity index (χ1n) is 13.3. The van der Waals surface area contributed by atoms with E-state index in [0.717, 1.165) is 16.7 Å². The number of rotatable bonds is 7. The molecule has 1 aromatic heterocycles. The van der Waals surface area contributed by atoms with Gasteiger partial charge in [0, 0.05) is 23.2 Å². The standard InChI is InChI=1S/C30H33N3O7S/c1-29(2,3)40-28(36)32(27(35)39-19-21-11-6-5-7-12-21)18-10-16-30(20-31)17-15-24-25(26(30)34)22-13-8-9-14-23(22)33(24)41(4,37)38/h5-9,11-14H,10,15-19H2,1-4H3/t30-/m0/s1. The number of hydrogen-bond donors (Lipinski definition) is 0. The molecule has 0 radical (unpaired) electrons. The van der Waals surface area contributed by atoms with Crippen LogP contribution in [0.2, 0.25) is 0 Å². The summed E-state index contributed by atoms with van der Waals surface area (Å²) in [5, 5.41) is 10.7. The maximum absolute atomic E-state index is 13.9. The zero-order chi connectivity index (χ0) is 30.0. The van der Waals surface area contributed by atoms with Gasteiger partial charge in [0.15, 0.2) is 5.78 Å². The topological polar surface area (TPSA) is 136 Å². The number of carbonyl (C=O) groups is 3. The van der Waals surface area contributed by atoms with Crippen molar-refractivity contribution in [1.29, 1.82) is 5.26 Å². The van der Waals surface area contributed by atoms with Crippen molar-refractivity contribution in [2.75, 3.05) is 12.8 Å². The third-order valence-corrected chi connectivity index (χ3v) is 8.03. The van der Waals surface area contributed by atoms with Crippen LogP contribution in [0, 0.1) is 16.7 Å². The fourth-order valence-corrected chi connectivity index (χ4v) is 6.22. The van der Waals surface area contributed by atoms with Gasteiger partial charge in [-0.25, -0.2) is 26.9 Å². The van der Waals surface area contributed by atoms with E-state index in [1.807, 2.05) is 6.07 Å². The van der Waals surface area contributed by atoms with E-state index in [2.05, 4.69) is 6.07 Å². The lowest BCUT2D eigenvalue weighted by Gasteiger charge is -2.31. The molecule has 0 saturated heterocycles. The van der Waals surface area contributed by atoms with Crippen LogP contribution in [0.15, 0.2) is 54.6 Å². The van der Waals surface area contributed by atoms with Crippen molar-refractivity contribution >= 4 is 38.9 Å². The van der Waals surface area contributed by atoms with E-state index in [9.17, 15) is 28.1 Å². The molecule has 0 spiro atoms. The number of hydrogen-bond acceptors (Lipinski definition) is 8. The fraction of sp³-hybridized carbons (Fsp3) is 0.400. The highest BCUT2D eigenvalue weighted by Crippen LogP contribution is 2.43.